The zero-order valence-corrected chi connectivity index (χ0v) is 24.2. The molecule has 0 saturated carbocycles. The molecule has 0 aliphatic heterocycles. The Labute approximate surface area is 250 Å². The van der Waals surface area contributed by atoms with Crippen molar-refractivity contribution >= 4 is 58.2 Å². The zero-order chi connectivity index (χ0) is 29.5. The third kappa shape index (κ3) is 6.91. The van der Waals surface area contributed by atoms with Gasteiger partial charge in [0.1, 0.15) is 17.0 Å². The molecule has 5 aromatic rings. The van der Waals surface area contributed by atoms with Gasteiger partial charge in [-0.15, -0.1) is 0 Å². The molecule has 2 N–H and O–H groups in total. The molecule has 0 saturated heterocycles. The van der Waals surface area contributed by atoms with Crippen molar-refractivity contribution in [2.45, 2.75) is 11.0 Å². The molecular formula is C31H25ClN4O5S. The Bertz CT molecular complexity index is 1740. The summed E-state index contributed by atoms with van der Waals surface area (Å²) in [4.78, 5) is 29.8. The number of carbonyl (C=O) groups is 2. The molecule has 0 fully saturated rings. The number of benzene rings is 4. The summed E-state index contributed by atoms with van der Waals surface area (Å²) < 4.78 is 16.5. The van der Waals surface area contributed by atoms with Crippen molar-refractivity contribution < 1.29 is 23.5 Å². The molecule has 212 valence electrons. The highest BCUT2D eigenvalue weighted by atomic mass is 35.5. The normalized spacial score (nSPS) is 11.0. The molecule has 0 spiro atoms. The first-order valence-corrected chi connectivity index (χ1v) is 14.0. The number of oxazole rings is 1. The maximum atomic E-state index is 12.7. The summed E-state index contributed by atoms with van der Waals surface area (Å²) in [6.45, 7) is 0. The van der Waals surface area contributed by atoms with Crippen molar-refractivity contribution in [3.8, 4) is 11.5 Å². The first-order valence-electron chi connectivity index (χ1n) is 12.7. The van der Waals surface area contributed by atoms with E-state index in [0.29, 0.717) is 38.6 Å². The number of nitrogens with zero attached hydrogens (tertiary/aromatic N) is 2. The number of halogens is 1. The fourth-order valence-corrected chi connectivity index (χ4v) is 5.02. The molecule has 0 radical (unpaired) electrons. The van der Waals surface area contributed by atoms with Gasteiger partial charge < -0.3 is 19.2 Å². The van der Waals surface area contributed by atoms with Crippen molar-refractivity contribution in [1.29, 1.82) is 0 Å². The van der Waals surface area contributed by atoms with Crippen molar-refractivity contribution in [2.75, 3.05) is 19.5 Å². The number of fused-ring (bicyclic) bond motifs is 1. The minimum atomic E-state index is -0.402. The minimum Gasteiger partial charge on any atom is -0.496 e. The van der Waals surface area contributed by atoms with Gasteiger partial charge in [-0.25, -0.2) is 10.4 Å². The summed E-state index contributed by atoms with van der Waals surface area (Å²) in [6, 6.07) is 24.4. The number of anilines is 1. The molecule has 1 heterocycles. The van der Waals surface area contributed by atoms with Gasteiger partial charge in [0.25, 0.3) is 17.0 Å². The molecule has 4 aromatic carbocycles. The summed E-state index contributed by atoms with van der Waals surface area (Å²) in [5.41, 5.74) is 6.94. The largest absolute Gasteiger partial charge is 0.496 e. The van der Waals surface area contributed by atoms with E-state index in [0.717, 1.165) is 28.0 Å². The van der Waals surface area contributed by atoms with Crippen molar-refractivity contribution in [3.63, 3.8) is 0 Å². The summed E-state index contributed by atoms with van der Waals surface area (Å²) in [5.74, 6) is 0.900. The molecule has 0 atom stereocenters. The van der Waals surface area contributed by atoms with Crippen molar-refractivity contribution in [2.24, 2.45) is 5.10 Å². The lowest BCUT2D eigenvalue weighted by molar-refractivity contribution is 0.0954. The number of rotatable bonds is 10. The van der Waals surface area contributed by atoms with E-state index < -0.39 is 5.91 Å². The smallest absolute Gasteiger partial charge is 0.271 e. The molecule has 2 amide bonds. The van der Waals surface area contributed by atoms with Crippen molar-refractivity contribution in [1.82, 2.24) is 10.4 Å². The second-order valence-corrected chi connectivity index (χ2v) is 10.2. The fraction of sp³-hybridized carbons (Fsp3) is 0.0968. The topological polar surface area (TPSA) is 115 Å². The van der Waals surface area contributed by atoms with Gasteiger partial charge in [-0.2, -0.15) is 5.10 Å². The number of nitrogens with one attached hydrogen (secondary N) is 2. The van der Waals surface area contributed by atoms with Crippen LogP contribution in [-0.2, 0) is 5.75 Å². The molecule has 0 aliphatic carbocycles. The van der Waals surface area contributed by atoms with E-state index >= 15 is 0 Å². The molecule has 42 heavy (non-hydrogen) atoms. The molecule has 5 rings (SSSR count). The molecule has 0 bridgehead atoms. The van der Waals surface area contributed by atoms with Crippen LogP contribution in [0.5, 0.6) is 11.5 Å². The second kappa shape index (κ2) is 13.2. The van der Waals surface area contributed by atoms with Crippen LogP contribution in [0.3, 0.4) is 0 Å². The van der Waals surface area contributed by atoms with Crippen LogP contribution in [0.15, 0.2) is 99.7 Å². The quantitative estimate of drug-likeness (QED) is 0.103. The van der Waals surface area contributed by atoms with Crippen LogP contribution in [0.25, 0.3) is 11.1 Å². The summed E-state index contributed by atoms with van der Waals surface area (Å²) in [6.07, 6.45) is 1.55. The van der Waals surface area contributed by atoms with Crippen LogP contribution in [-0.4, -0.2) is 37.2 Å². The number of ether oxygens (including phenoxy) is 2. The molecule has 9 nitrogen and oxygen atoms in total. The number of para-hydroxylation sites is 2. The average molecular weight is 601 g/mol. The number of carbonyl (C=O) groups excluding carboxylic acids is 2. The van der Waals surface area contributed by atoms with Crippen LogP contribution in [0.4, 0.5) is 5.69 Å². The van der Waals surface area contributed by atoms with E-state index in [9.17, 15) is 9.59 Å². The lowest BCUT2D eigenvalue weighted by atomic mass is 10.1. The Hall–Kier alpha value is -4.80. The van der Waals surface area contributed by atoms with Crippen LogP contribution < -0.4 is 20.2 Å². The maximum absolute atomic E-state index is 12.7. The van der Waals surface area contributed by atoms with Crippen LogP contribution in [0.2, 0.25) is 5.02 Å². The lowest BCUT2D eigenvalue weighted by Crippen LogP contribution is -2.18. The van der Waals surface area contributed by atoms with Gasteiger partial charge >= 0.3 is 0 Å². The Kier molecular flexibility index (Phi) is 9.05. The van der Waals surface area contributed by atoms with E-state index in [1.165, 1.54) is 24.9 Å². The number of amides is 2. The summed E-state index contributed by atoms with van der Waals surface area (Å²) >= 11 is 7.48. The van der Waals surface area contributed by atoms with Gasteiger partial charge in [0.2, 0.25) is 0 Å². The number of thioether (sulfide) groups is 1. The molecule has 0 unspecified atom stereocenters. The Morgan fingerprint density at radius 1 is 0.952 bits per heavy atom. The lowest BCUT2D eigenvalue weighted by Gasteiger charge is -2.10. The number of hydrogen-bond acceptors (Lipinski definition) is 8. The highest BCUT2D eigenvalue weighted by Crippen LogP contribution is 2.30. The summed E-state index contributed by atoms with van der Waals surface area (Å²) in [7, 11) is 3.09. The number of hydrogen-bond donors (Lipinski definition) is 2. The SMILES string of the molecule is COc1ccc(C=NNC(=O)c2ccc(NC(=O)c3cc(Cl)ccc3OC)cc2)cc1CSc1nc2ccccc2o1. The number of hydrazone groups is 1. The highest BCUT2D eigenvalue weighted by Gasteiger charge is 2.14. The second-order valence-electron chi connectivity index (χ2n) is 8.88. The monoisotopic (exact) mass is 600 g/mol. The van der Waals surface area contributed by atoms with Crippen LogP contribution >= 0.6 is 23.4 Å². The molecule has 1 aromatic heterocycles. The van der Waals surface area contributed by atoms with Gasteiger partial charge in [0, 0.05) is 27.6 Å². The summed E-state index contributed by atoms with van der Waals surface area (Å²) in [5, 5.41) is 7.86. The minimum absolute atomic E-state index is 0.299. The third-order valence-electron chi connectivity index (χ3n) is 6.12. The molecular weight excluding hydrogens is 576 g/mol. The predicted molar refractivity (Wildman–Crippen MR) is 164 cm³/mol. The average Bonchev–Trinajstić information content (AvgIpc) is 3.43. The van der Waals surface area contributed by atoms with E-state index in [2.05, 4.69) is 20.8 Å². The third-order valence-corrected chi connectivity index (χ3v) is 7.23. The van der Waals surface area contributed by atoms with Gasteiger partial charge in [-0.3, -0.25) is 9.59 Å². The predicted octanol–water partition coefficient (Wildman–Crippen LogP) is 6.81. The number of aromatic nitrogens is 1. The van der Waals surface area contributed by atoms with E-state index in [1.54, 1.807) is 49.7 Å². The number of methoxy groups -OCH3 is 2. The Morgan fingerprint density at radius 3 is 2.48 bits per heavy atom. The van der Waals surface area contributed by atoms with Gasteiger partial charge in [0.05, 0.1) is 26.0 Å². The standard InChI is InChI=1S/C31H25ClN4O5S/c1-39-26-13-7-19(15-21(26)18-42-31-35-25-5-3-4-6-28(25)41-31)17-33-36-29(37)20-8-11-23(12-9-20)34-30(38)24-16-22(32)10-14-27(24)40-2/h3-17H,18H2,1-2H3,(H,34,38)(H,36,37). The van der Waals surface area contributed by atoms with Crippen LogP contribution in [0.1, 0.15) is 31.8 Å². The van der Waals surface area contributed by atoms with E-state index in [1.807, 2.05) is 42.5 Å². The van der Waals surface area contributed by atoms with Gasteiger partial charge in [-0.1, -0.05) is 35.5 Å². The van der Waals surface area contributed by atoms with E-state index in [-0.39, 0.29) is 5.91 Å². The van der Waals surface area contributed by atoms with Gasteiger partial charge in [0.15, 0.2) is 5.58 Å². The van der Waals surface area contributed by atoms with Crippen LogP contribution in [0, 0.1) is 0 Å². The van der Waals surface area contributed by atoms with E-state index in [4.69, 9.17) is 25.5 Å². The van der Waals surface area contributed by atoms with Gasteiger partial charge in [-0.05, 0) is 78.4 Å². The first kappa shape index (κ1) is 28.7. The molecule has 0 aliphatic rings. The fourth-order valence-electron chi connectivity index (χ4n) is 4.03. The Morgan fingerprint density at radius 2 is 1.71 bits per heavy atom. The Balaban J connectivity index is 1.18. The molecule has 11 heteroatoms. The van der Waals surface area contributed by atoms with Crippen molar-refractivity contribution in [3.05, 3.63) is 112 Å². The zero-order valence-electron chi connectivity index (χ0n) is 22.6. The maximum Gasteiger partial charge on any atom is 0.271 e. The highest BCUT2D eigenvalue weighted by molar-refractivity contribution is 7.98. The first-order chi connectivity index (χ1) is 20.4.